The lowest BCUT2D eigenvalue weighted by atomic mass is 10.4. The van der Waals surface area contributed by atoms with Crippen LogP contribution in [0.4, 0.5) is 0 Å². The molecule has 1 heterocycles. The van der Waals surface area contributed by atoms with Gasteiger partial charge in [0.1, 0.15) is 5.84 Å². The second kappa shape index (κ2) is 5.10. The van der Waals surface area contributed by atoms with Crippen molar-refractivity contribution >= 4 is 47.4 Å². The van der Waals surface area contributed by atoms with Gasteiger partial charge in [-0.25, -0.2) is 0 Å². The van der Waals surface area contributed by atoms with Gasteiger partial charge < -0.3 is 5.32 Å². The fourth-order valence-electron chi connectivity index (χ4n) is 0.630. The molecule has 0 radical (unpaired) electrons. The molecule has 0 saturated heterocycles. The number of hydrogen-bond donors (Lipinski definition) is 1. The van der Waals surface area contributed by atoms with E-state index in [9.17, 15) is 0 Å². The molecule has 0 aromatic carbocycles. The van der Waals surface area contributed by atoms with E-state index in [1.54, 1.807) is 5.37 Å². The van der Waals surface area contributed by atoms with E-state index in [1.165, 1.54) is 0 Å². The summed E-state index contributed by atoms with van der Waals surface area (Å²) in [5.41, 5.74) is 0. The lowest BCUT2D eigenvalue weighted by Crippen LogP contribution is -2.29. The van der Waals surface area contributed by atoms with Crippen molar-refractivity contribution in [1.29, 1.82) is 0 Å². The first-order chi connectivity index (χ1) is 3.93. The van der Waals surface area contributed by atoms with Gasteiger partial charge in [0.05, 0.1) is 0 Å². The average Bonchev–Trinajstić information content (AvgIpc) is 1.90. The maximum Gasteiger partial charge on any atom is 0.131 e. The van der Waals surface area contributed by atoms with E-state index < -0.39 is 0 Å². The minimum atomic E-state index is 0. The fourth-order valence-corrected chi connectivity index (χ4v) is 0.788. The van der Waals surface area contributed by atoms with Crippen molar-refractivity contribution in [2.24, 2.45) is 4.99 Å². The van der Waals surface area contributed by atoms with Gasteiger partial charge in [-0.1, -0.05) is 12.2 Å². The van der Waals surface area contributed by atoms with Crippen molar-refractivity contribution in [2.45, 2.75) is 6.42 Å². The number of nitrogens with zero attached hydrogens (tertiary/aromatic N) is 1. The van der Waals surface area contributed by atoms with E-state index in [2.05, 4.69) is 22.5 Å². The highest BCUT2D eigenvalue weighted by atomic mass is 127. The second-order valence-electron chi connectivity index (χ2n) is 1.67. The van der Waals surface area contributed by atoms with Crippen LogP contribution >= 0.6 is 36.2 Å². The average molecular weight is 256 g/mol. The van der Waals surface area contributed by atoms with Gasteiger partial charge in [-0.3, -0.25) is 4.99 Å². The lowest BCUT2D eigenvalue weighted by molar-refractivity contribution is 0.749. The minimum absolute atomic E-state index is 0. The number of amidine groups is 1. The van der Waals surface area contributed by atoms with E-state index in [0.29, 0.717) is 0 Å². The zero-order valence-corrected chi connectivity index (χ0v) is 8.11. The van der Waals surface area contributed by atoms with E-state index in [1.807, 2.05) is 0 Å². The van der Waals surface area contributed by atoms with Gasteiger partial charge in [-0.15, -0.1) is 24.0 Å². The third-order valence-electron chi connectivity index (χ3n) is 1.03. The smallest absolute Gasteiger partial charge is 0.131 e. The van der Waals surface area contributed by atoms with Crippen LogP contribution in [-0.4, -0.2) is 24.3 Å². The monoisotopic (exact) mass is 256 g/mol. The first-order valence-corrected chi connectivity index (χ1v) is 3.14. The van der Waals surface area contributed by atoms with Crippen molar-refractivity contribution in [3.8, 4) is 0 Å². The molecule has 0 unspecified atom stereocenters. The van der Waals surface area contributed by atoms with Crippen LogP contribution in [-0.2, 0) is 0 Å². The fraction of sp³-hybridized carbons (Fsp3) is 0.600. The molecule has 9 heavy (non-hydrogen) atoms. The van der Waals surface area contributed by atoms with E-state index >= 15 is 0 Å². The summed E-state index contributed by atoms with van der Waals surface area (Å²) >= 11 is 4.65. The number of nitrogens with one attached hydrogen (secondary N) is 1. The summed E-state index contributed by atoms with van der Waals surface area (Å²) in [7, 11) is 0. The zero-order chi connectivity index (χ0) is 5.82. The molecule has 0 atom stereocenters. The molecule has 0 aromatic heterocycles. The highest BCUT2D eigenvalue weighted by Crippen LogP contribution is 1.86. The van der Waals surface area contributed by atoms with Crippen molar-refractivity contribution in [1.82, 2.24) is 5.32 Å². The Morgan fingerprint density at radius 1 is 1.67 bits per heavy atom. The molecule has 0 fully saturated rings. The SMILES string of the molecule is I.S=CC1=NCCCN1. The molecule has 0 saturated carbocycles. The summed E-state index contributed by atoms with van der Waals surface area (Å²) in [6, 6.07) is 0. The molecule has 0 aliphatic carbocycles. The summed E-state index contributed by atoms with van der Waals surface area (Å²) in [5.74, 6) is 0.867. The van der Waals surface area contributed by atoms with E-state index in [-0.39, 0.29) is 24.0 Å². The van der Waals surface area contributed by atoms with Crippen LogP contribution in [0.3, 0.4) is 0 Å². The number of hydrogen-bond acceptors (Lipinski definition) is 3. The van der Waals surface area contributed by atoms with Crippen molar-refractivity contribution in [3.63, 3.8) is 0 Å². The highest BCUT2D eigenvalue weighted by Gasteiger charge is 1.97. The summed E-state index contributed by atoms with van der Waals surface area (Å²) in [6.07, 6.45) is 1.13. The van der Waals surface area contributed by atoms with E-state index in [0.717, 1.165) is 25.3 Å². The van der Waals surface area contributed by atoms with Gasteiger partial charge in [-0.05, 0) is 6.42 Å². The maximum atomic E-state index is 4.65. The van der Waals surface area contributed by atoms with Crippen LogP contribution in [0.1, 0.15) is 6.42 Å². The lowest BCUT2D eigenvalue weighted by Gasteiger charge is -2.08. The molecule has 1 aliphatic heterocycles. The molecule has 0 aromatic rings. The third-order valence-corrected chi connectivity index (χ3v) is 1.26. The zero-order valence-electron chi connectivity index (χ0n) is 4.96. The Hall–Kier alpha value is 0.290. The van der Waals surface area contributed by atoms with Gasteiger partial charge >= 0.3 is 0 Å². The van der Waals surface area contributed by atoms with Crippen molar-refractivity contribution in [3.05, 3.63) is 0 Å². The maximum absolute atomic E-state index is 4.65. The van der Waals surface area contributed by atoms with E-state index in [4.69, 9.17) is 0 Å². The molecule has 0 bridgehead atoms. The third kappa shape index (κ3) is 3.10. The standard InChI is InChI=1S/C5H8N2S.HI/c8-4-5-6-2-1-3-7-5;/h4H,1-3H2,(H,6,7);1H. The predicted molar refractivity (Wildman–Crippen MR) is 54.0 cm³/mol. The van der Waals surface area contributed by atoms with Crippen LogP contribution < -0.4 is 5.32 Å². The largest absolute Gasteiger partial charge is 0.370 e. The Bertz CT molecular complexity index is 124. The Morgan fingerprint density at radius 2 is 2.44 bits per heavy atom. The van der Waals surface area contributed by atoms with Crippen molar-refractivity contribution < 1.29 is 0 Å². The second-order valence-corrected chi connectivity index (χ2v) is 1.90. The van der Waals surface area contributed by atoms with Gasteiger partial charge in [0.15, 0.2) is 0 Å². The molecule has 1 aliphatic rings. The topological polar surface area (TPSA) is 24.4 Å². The Kier molecular flexibility index (Phi) is 5.27. The first kappa shape index (κ1) is 9.29. The predicted octanol–water partition coefficient (Wildman–Crippen LogP) is 0.996. The Morgan fingerprint density at radius 3 is 2.78 bits per heavy atom. The number of halogens is 1. The molecule has 0 spiro atoms. The summed E-state index contributed by atoms with van der Waals surface area (Å²) < 4.78 is 0. The molecular formula is C5H9IN2S. The van der Waals surface area contributed by atoms with Crippen LogP contribution in [0.15, 0.2) is 4.99 Å². The minimum Gasteiger partial charge on any atom is -0.370 e. The van der Waals surface area contributed by atoms with Gasteiger partial charge in [0, 0.05) is 18.5 Å². The number of rotatable bonds is 1. The Balaban J connectivity index is 0.000000640. The molecule has 1 rings (SSSR count). The van der Waals surface area contributed by atoms with Crippen LogP contribution in [0, 0.1) is 0 Å². The number of aliphatic imine (C=N–C) groups is 1. The molecular weight excluding hydrogens is 247 g/mol. The summed E-state index contributed by atoms with van der Waals surface area (Å²) in [4.78, 5) is 4.09. The number of thiocarbonyl (C=S) groups is 1. The highest BCUT2D eigenvalue weighted by molar-refractivity contribution is 14.0. The Labute approximate surface area is 77.1 Å². The molecule has 2 nitrogen and oxygen atoms in total. The van der Waals surface area contributed by atoms with Crippen molar-refractivity contribution in [2.75, 3.05) is 13.1 Å². The quantitative estimate of drug-likeness (QED) is 0.559. The van der Waals surface area contributed by atoms with Crippen LogP contribution in [0.2, 0.25) is 0 Å². The summed E-state index contributed by atoms with van der Waals surface area (Å²) in [6.45, 7) is 1.95. The van der Waals surface area contributed by atoms with Gasteiger partial charge in [-0.2, -0.15) is 0 Å². The normalized spacial score (nSPS) is 16.7. The molecule has 4 heteroatoms. The van der Waals surface area contributed by atoms with Crippen LogP contribution in [0.5, 0.6) is 0 Å². The van der Waals surface area contributed by atoms with Crippen LogP contribution in [0.25, 0.3) is 0 Å². The molecule has 0 amide bonds. The first-order valence-electron chi connectivity index (χ1n) is 2.67. The molecule has 1 N–H and O–H groups in total. The molecule has 52 valence electrons. The van der Waals surface area contributed by atoms with Gasteiger partial charge in [0.25, 0.3) is 0 Å². The summed E-state index contributed by atoms with van der Waals surface area (Å²) in [5, 5.41) is 4.64. The van der Waals surface area contributed by atoms with Gasteiger partial charge in [0.2, 0.25) is 0 Å².